The van der Waals surface area contributed by atoms with Crippen LogP contribution in [-0.2, 0) is 9.59 Å². The minimum Gasteiger partial charge on any atom is -0.342 e. The number of carbonyl (C=O) groups is 2. The maximum atomic E-state index is 13.7. The minimum absolute atomic E-state index is 0.00144. The molecule has 2 aromatic carbocycles. The van der Waals surface area contributed by atoms with Gasteiger partial charge in [-0.2, -0.15) is 0 Å². The Kier molecular flexibility index (Phi) is 7.27. The van der Waals surface area contributed by atoms with Crippen molar-refractivity contribution >= 4 is 29.1 Å². The Hall–Kier alpha value is -2.51. The van der Waals surface area contributed by atoms with Gasteiger partial charge in [0.2, 0.25) is 5.91 Å². The molecule has 27 heavy (non-hydrogen) atoms. The fourth-order valence-corrected chi connectivity index (χ4v) is 2.64. The van der Waals surface area contributed by atoms with Gasteiger partial charge in [-0.15, -0.1) is 0 Å². The van der Waals surface area contributed by atoms with Crippen LogP contribution in [0.2, 0.25) is 5.02 Å². The predicted molar refractivity (Wildman–Crippen MR) is 99.4 cm³/mol. The highest BCUT2D eigenvalue weighted by Crippen LogP contribution is 2.22. The quantitative estimate of drug-likeness (QED) is 0.671. The van der Waals surface area contributed by atoms with Gasteiger partial charge in [0.15, 0.2) is 6.54 Å². The summed E-state index contributed by atoms with van der Waals surface area (Å²) in [4.78, 5) is 23.9. The molecule has 2 aromatic rings. The summed E-state index contributed by atoms with van der Waals surface area (Å²) in [6.45, 7) is 3.29. The lowest BCUT2D eigenvalue weighted by atomic mass is 10.1. The van der Waals surface area contributed by atoms with Gasteiger partial charge in [-0.25, -0.2) is 8.78 Å². The van der Waals surface area contributed by atoms with Crippen LogP contribution in [0.25, 0.3) is 0 Å². The molecule has 0 radical (unpaired) electrons. The van der Waals surface area contributed by atoms with E-state index in [9.17, 15) is 18.4 Å². The maximum absolute atomic E-state index is 13.7. The monoisotopic (exact) mass is 396 g/mol. The summed E-state index contributed by atoms with van der Waals surface area (Å²) >= 11 is 5.99. The Bertz CT molecular complexity index is 846. The third kappa shape index (κ3) is 6.01. The molecule has 2 rings (SSSR count). The average molecular weight is 397 g/mol. The highest BCUT2D eigenvalue weighted by Gasteiger charge is 2.16. The van der Waals surface area contributed by atoms with E-state index in [0.717, 1.165) is 11.6 Å². The number of nitrogens with two attached hydrogens (primary N) is 1. The highest BCUT2D eigenvalue weighted by atomic mass is 35.5. The molecular formula is C19H21ClF2N3O2+. The molecule has 8 heteroatoms. The Morgan fingerprint density at radius 2 is 1.93 bits per heavy atom. The van der Waals surface area contributed by atoms with Crippen molar-refractivity contribution in [1.29, 1.82) is 0 Å². The number of hydrogen-bond donors (Lipinski definition) is 3. The number of benzene rings is 2. The molecule has 5 nitrogen and oxygen atoms in total. The topological polar surface area (TPSA) is 74.8 Å². The van der Waals surface area contributed by atoms with Crippen LogP contribution in [0.3, 0.4) is 0 Å². The first-order valence-electron chi connectivity index (χ1n) is 8.38. The molecule has 0 saturated carbocycles. The zero-order chi connectivity index (χ0) is 20.0. The van der Waals surface area contributed by atoms with Gasteiger partial charge in [0.25, 0.3) is 5.91 Å². The number of quaternary nitrogens is 1. The summed E-state index contributed by atoms with van der Waals surface area (Å²) in [6.07, 6.45) is 0. The zero-order valence-corrected chi connectivity index (χ0v) is 15.7. The van der Waals surface area contributed by atoms with Gasteiger partial charge in [-0.3, -0.25) is 9.59 Å². The molecule has 0 bridgehead atoms. The Morgan fingerprint density at radius 3 is 2.63 bits per heavy atom. The highest BCUT2D eigenvalue weighted by molar-refractivity contribution is 6.31. The Labute approximate surface area is 161 Å². The molecule has 0 saturated heterocycles. The third-order valence-electron chi connectivity index (χ3n) is 4.10. The summed E-state index contributed by atoms with van der Waals surface area (Å²) < 4.78 is 26.7. The van der Waals surface area contributed by atoms with Crippen molar-refractivity contribution in [2.24, 2.45) is 0 Å². The molecule has 0 aliphatic rings. The summed E-state index contributed by atoms with van der Waals surface area (Å²) in [5, 5.41) is 7.31. The van der Waals surface area contributed by atoms with Crippen molar-refractivity contribution in [3.8, 4) is 0 Å². The molecule has 0 aromatic heterocycles. The zero-order valence-electron chi connectivity index (χ0n) is 15.0. The summed E-state index contributed by atoms with van der Waals surface area (Å²) in [6, 6.07) is 8.11. The van der Waals surface area contributed by atoms with E-state index in [1.807, 2.05) is 0 Å². The second-order valence-electron chi connectivity index (χ2n) is 6.13. The van der Waals surface area contributed by atoms with Crippen LogP contribution in [0, 0.1) is 18.6 Å². The van der Waals surface area contributed by atoms with Gasteiger partial charge >= 0.3 is 0 Å². The Balaban J connectivity index is 1.78. The Morgan fingerprint density at radius 1 is 1.19 bits per heavy atom. The molecule has 0 unspecified atom stereocenters. The van der Waals surface area contributed by atoms with E-state index in [2.05, 4.69) is 10.6 Å². The number of carbonyl (C=O) groups excluding carboxylic acids is 2. The first kappa shape index (κ1) is 20.8. The molecule has 144 valence electrons. The van der Waals surface area contributed by atoms with Gasteiger partial charge in [0.1, 0.15) is 17.7 Å². The van der Waals surface area contributed by atoms with Crippen LogP contribution >= 0.6 is 11.6 Å². The van der Waals surface area contributed by atoms with Crippen molar-refractivity contribution in [2.75, 3.05) is 18.4 Å². The third-order valence-corrected chi connectivity index (χ3v) is 4.51. The van der Waals surface area contributed by atoms with Crippen LogP contribution in [0.15, 0.2) is 36.4 Å². The molecular weight excluding hydrogens is 376 g/mol. The SMILES string of the molecule is Cc1c(Cl)cccc1NC(=O)CNC(=O)C[NH2+][C@@H](C)c1ccc(F)cc1F. The molecule has 4 N–H and O–H groups in total. The first-order valence-corrected chi connectivity index (χ1v) is 8.75. The van der Waals surface area contributed by atoms with Crippen LogP contribution in [0.1, 0.15) is 24.1 Å². The average Bonchev–Trinajstić information content (AvgIpc) is 2.62. The molecule has 0 heterocycles. The number of halogens is 3. The van der Waals surface area contributed by atoms with Gasteiger partial charge in [0.05, 0.1) is 6.54 Å². The van der Waals surface area contributed by atoms with Gasteiger partial charge in [-0.1, -0.05) is 17.7 Å². The molecule has 0 fully saturated rings. The fourth-order valence-electron chi connectivity index (χ4n) is 2.47. The number of hydrogen-bond acceptors (Lipinski definition) is 2. The maximum Gasteiger partial charge on any atom is 0.275 e. The molecule has 2 amide bonds. The van der Waals surface area contributed by atoms with Crippen molar-refractivity contribution in [2.45, 2.75) is 19.9 Å². The van der Waals surface area contributed by atoms with Gasteiger partial charge < -0.3 is 16.0 Å². The van der Waals surface area contributed by atoms with Crippen molar-refractivity contribution in [3.05, 3.63) is 64.2 Å². The minimum atomic E-state index is -0.657. The van der Waals surface area contributed by atoms with Gasteiger partial charge in [-0.05, 0) is 43.7 Å². The molecule has 0 spiro atoms. The van der Waals surface area contributed by atoms with Crippen molar-refractivity contribution < 1.29 is 23.7 Å². The summed E-state index contributed by atoms with van der Waals surface area (Å²) in [5.41, 5.74) is 1.62. The fraction of sp³-hybridized carbons (Fsp3) is 0.263. The van der Waals surface area contributed by atoms with Crippen LogP contribution in [0.5, 0.6) is 0 Å². The van der Waals surface area contributed by atoms with E-state index < -0.39 is 11.6 Å². The van der Waals surface area contributed by atoms with Crippen molar-refractivity contribution in [1.82, 2.24) is 5.32 Å². The smallest absolute Gasteiger partial charge is 0.275 e. The van der Waals surface area contributed by atoms with Crippen LogP contribution in [-0.4, -0.2) is 24.9 Å². The second kappa shape index (κ2) is 9.43. The van der Waals surface area contributed by atoms with E-state index in [1.165, 1.54) is 12.1 Å². The number of amides is 2. The predicted octanol–water partition coefficient (Wildman–Crippen LogP) is 2.31. The summed E-state index contributed by atoms with van der Waals surface area (Å²) in [7, 11) is 0. The largest absolute Gasteiger partial charge is 0.342 e. The summed E-state index contributed by atoms with van der Waals surface area (Å²) in [5.74, 6) is -2.06. The standard InChI is InChI=1S/C19H20ClF2N3O2/c1-11-15(20)4-3-5-17(11)25-19(27)10-24-18(26)9-23-12(2)14-7-6-13(21)8-16(14)22/h3-8,12,23H,9-10H2,1-2H3,(H,24,26)(H,25,27)/p+1/t12-/m0/s1. The van der Waals surface area contributed by atoms with E-state index in [-0.39, 0.29) is 30.9 Å². The van der Waals surface area contributed by atoms with E-state index >= 15 is 0 Å². The van der Waals surface area contributed by atoms with E-state index in [1.54, 1.807) is 37.4 Å². The lowest BCUT2D eigenvalue weighted by Gasteiger charge is -2.12. The lowest BCUT2D eigenvalue weighted by Crippen LogP contribution is -2.87. The van der Waals surface area contributed by atoms with E-state index in [4.69, 9.17) is 11.6 Å². The molecule has 1 atom stereocenters. The number of nitrogens with one attached hydrogen (secondary N) is 2. The van der Waals surface area contributed by atoms with Crippen LogP contribution in [0.4, 0.5) is 14.5 Å². The normalized spacial score (nSPS) is 11.7. The van der Waals surface area contributed by atoms with Crippen molar-refractivity contribution in [3.63, 3.8) is 0 Å². The van der Waals surface area contributed by atoms with Gasteiger partial charge in [0, 0.05) is 22.3 Å². The number of anilines is 1. The lowest BCUT2D eigenvalue weighted by molar-refractivity contribution is -0.682. The second-order valence-corrected chi connectivity index (χ2v) is 6.54. The number of rotatable bonds is 7. The van der Waals surface area contributed by atoms with E-state index in [0.29, 0.717) is 16.3 Å². The van der Waals surface area contributed by atoms with Crippen LogP contribution < -0.4 is 16.0 Å². The first-order chi connectivity index (χ1) is 12.8. The molecule has 0 aliphatic carbocycles. The molecule has 0 aliphatic heterocycles.